The molecule has 0 unspecified atom stereocenters. The van der Waals surface area contributed by atoms with E-state index >= 15 is 0 Å². The van der Waals surface area contributed by atoms with Gasteiger partial charge in [0.15, 0.2) is 0 Å². The predicted octanol–water partition coefficient (Wildman–Crippen LogP) is 2.94. The Morgan fingerprint density at radius 3 is 1.88 bits per heavy atom. The molecule has 0 saturated carbocycles. The first kappa shape index (κ1) is 12.2. The van der Waals surface area contributed by atoms with Gasteiger partial charge in [-0.15, -0.1) is 0 Å². The lowest BCUT2D eigenvalue weighted by Gasteiger charge is -2.23. The normalized spacial score (nSPS) is 9.81. The van der Waals surface area contributed by atoms with Crippen molar-refractivity contribution in [1.29, 1.82) is 0 Å². The lowest BCUT2D eigenvalue weighted by molar-refractivity contribution is 0.384. The van der Waals surface area contributed by atoms with Crippen LogP contribution in [0.2, 0.25) is 0 Å². The molecule has 0 amide bonds. The van der Waals surface area contributed by atoms with E-state index < -0.39 is 0 Å². The lowest BCUT2D eigenvalue weighted by atomic mass is 10.2. The van der Waals surface area contributed by atoms with E-state index in [-0.39, 0.29) is 24.6 Å². The largest absolute Gasteiger partial charge is 0.511 e. The smallest absolute Gasteiger partial charge is 0.104 e. The summed E-state index contributed by atoms with van der Waals surface area (Å²) in [6, 6.07) is 7.81. The van der Waals surface area contributed by atoms with Crippen LogP contribution in [0.5, 0.6) is 0 Å². The van der Waals surface area contributed by atoms with Gasteiger partial charge in [-0.25, -0.2) is 0 Å². The van der Waals surface area contributed by atoms with Crippen molar-refractivity contribution in [2.75, 3.05) is 18.0 Å². The SMILES string of the molecule is C=C(O)CN(CC(=C)O)c1ccc(C)cc1. The van der Waals surface area contributed by atoms with Crippen LogP contribution in [0.15, 0.2) is 48.9 Å². The molecule has 0 aliphatic carbocycles. The van der Waals surface area contributed by atoms with Crippen LogP contribution in [0, 0.1) is 6.92 Å². The number of aryl methyl sites for hydroxylation is 1. The molecule has 0 bridgehead atoms. The van der Waals surface area contributed by atoms with Crippen LogP contribution in [0.25, 0.3) is 0 Å². The minimum absolute atomic E-state index is 0.0572. The Bertz CT molecular complexity index is 365. The zero-order chi connectivity index (χ0) is 12.1. The molecule has 0 aliphatic heterocycles. The second-order valence-corrected chi connectivity index (χ2v) is 3.82. The molecule has 1 aromatic rings. The minimum atomic E-state index is 0.0572. The summed E-state index contributed by atoms with van der Waals surface area (Å²) in [5.41, 5.74) is 2.07. The highest BCUT2D eigenvalue weighted by molar-refractivity contribution is 5.49. The summed E-state index contributed by atoms with van der Waals surface area (Å²) in [5.74, 6) is 0.114. The highest BCUT2D eigenvalue weighted by atomic mass is 16.3. The molecular formula is C13H17NO2. The molecule has 1 aromatic carbocycles. The summed E-state index contributed by atoms with van der Waals surface area (Å²) in [5, 5.41) is 18.4. The van der Waals surface area contributed by atoms with Gasteiger partial charge >= 0.3 is 0 Å². The number of aliphatic hydroxyl groups excluding tert-OH is 2. The second-order valence-electron chi connectivity index (χ2n) is 3.82. The molecule has 0 radical (unpaired) electrons. The van der Waals surface area contributed by atoms with Crippen molar-refractivity contribution >= 4 is 5.69 Å². The molecule has 1 rings (SSSR count). The number of rotatable bonds is 5. The zero-order valence-corrected chi connectivity index (χ0v) is 9.48. The van der Waals surface area contributed by atoms with Gasteiger partial charge < -0.3 is 15.1 Å². The number of aliphatic hydroxyl groups is 2. The van der Waals surface area contributed by atoms with E-state index in [9.17, 15) is 10.2 Å². The van der Waals surface area contributed by atoms with Gasteiger partial charge in [-0.1, -0.05) is 30.9 Å². The fraction of sp³-hybridized carbons (Fsp3) is 0.231. The van der Waals surface area contributed by atoms with Crippen molar-refractivity contribution in [3.8, 4) is 0 Å². The van der Waals surface area contributed by atoms with Gasteiger partial charge in [0.2, 0.25) is 0 Å². The number of nitrogens with zero attached hydrogens (tertiary/aromatic N) is 1. The van der Waals surface area contributed by atoms with Crippen molar-refractivity contribution in [3.05, 3.63) is 54.5 Å². The Morgan fingerprint density at radius 2 is 1.50 bits per heavy atom. The van der Waals surface area contributed by atoms with Crippen molar-refractivity contribution in [2.45, 2.75) is 6.92 Å². The fourth-order valence-corrected chi connectivity index (χ4v) is 1.43. The molecule has 0 heterocycles. The number of benzene rings is 1. The summed E-state index contributed by atoms with van der Waals surface area (Å²) in [6.45, 7) is 9.46. The van der Waals surface area contributed by atoms with E-state index in [1.165, 1.54) is 0 Å². The maximum absolute atomic E-state index is 9.20. The maximum atomic E-state index is 9.20. The average Bonchev–Trinajstić information content (AvgIpc) is 2.16. The summed E-state index contributed by atoms with van der Waals surface area (Å²) < 4.78 is 0. The Labute approximate surface area is 96.0 Å². The molecule has 0 fully saturated rings. The summed E-state index contributed by atoms with van der Waals surface area (Å²) in [6.07, 6.45) is 0. The molecule has 0 aromatic heterocycles. The molecular weight excluding hydrogens is 202 g/mol. The maximum Gasteiger partial charge on any atom is 0.104 e. The van der Waals surface area contributed by atoms with Gasteiger partial charge in [0, 0.05) is 5.69 Å². The average molecular weight is 219 g/mol. The highest BCUT2D eigenvalue weighted by Crippen LogP contribution is 2.16. The van der Waals surface area contributed by atoms with Crippen molar-refractivity contribution in [3.63, 3.8) is 0 Å². The Balaban J connectivity index is 2.86. The molecule has 0 aliphatic rings. The van der Waals surface area contributed by atoms with E-state index in [4.69, 9.17) is 0 Å². The summed E-state index contributed by atoms with van der Waals surface area (Å²) in [4.78, 5) is 1.80. The minimum Gasteiger partial charge on any atom is -0.511 e. The molecule has 3 heteroatoms. The van der Waals surface area contributed by atoms with Gasteiger partial charge in [-0.2, -0.15) is 0 Å². The quantitative estimate of drug-likeness (QED) is 0.748. The van der Waals surface area contributed by atoms with E-state index in [2.05, 4.69) is 13.2 Å². The molecule has 3 nitrogen and oxygen atoms in total. The first-order valence-electron chi connectivity index (χ1n) is 5.04. The van der Waals surface area contributed by atoms with Gasteiger partial charge in [0.1, 0.15) is 11.5 Å². The van der Waals surface area contributed by atoms with Crippen LogP contribution in [-0.4, -0.2) is 23.3 Å². The number of hydrogen-bond donors (Lipinski definition) is 2. The van der Waals surface area contributed by atoms with Gasteiger partial charge in [0.05, 0.1) is 13.1 Å². The lowest BCUT2D eigenvalue weighted by Crippen LogP contribution is -2.27. The Kier molecular flexibility index (Phi) is 4.00. The molecule has 86 valence electrons. The fourth-order valence-electron chi connectivity index (χ4n) is 1.43. The van der Waals surface area contributed by atoms with Crippen LogP contribution in [0.1, 0.15) is 5.56 Å². The third-order valence-electron chi connectivity index (χ3n) is 2.15. The van der Waals surface area contributed by atoms with Crippen LogP contribution in [0.3, 0.4) is 0 Å². The number of anilines is 1. The molecule has 0 spiro atoms. The topological polar surface area (TPSA) is 43.7 Å². The number of hydrogen-bond acceptors (Lipinski definition) is 3. The van der Waals surface area contributed by atoms with Crippen molar-refractivity contribution in [1.82, 2.24) is 0 Å². The van der Waals surface area contributed by atoms with Gasteiger partial charge in [-0.3, -0.25) is 0 Å². The van der Waals surface area contributed by atoms with E-state index in [0.717, 1.165) is 11.3 Å². The van der Waals surface area contributed by atoms with Crippen LogP contribution in [0.4, 0.5) is 5.69 Å². The zero-order valence-electron chi connectivity index (χ0n) is 9.48. The van der Waals surface area contributed by atoms with Crippen molar-refractivity contribution in [2.24, 2.45) is 0 Å². The molecule has 16 heavy (non-hydrogen) atoms. The van der Waals surface area contributed by atoms with E-state index in [1.807, 2.05) is 31.2 Å². The summed E-state index contributed by atoms with van der Waals surface area (Å²) in [7, 11) is 0. The van der Waals surface area contributed by atoms with Crippen LogP contribution >= 0.6 is 0 Å². The van der Waals surface area contributed by atoms with Crippen LogP contribution in [-0.2, 0) is 0 Å². The molecule has 0 saturated heterocycles. The first-order valence-corrected chi connectivity index (χ1v) is 5.04. The monoisotopic (exact) mass is 219 g/mol. The standard InChI is InChI=1S/C13H17NO2/c1-10-4-6-13(7-5-10)14(8-11(2)15)9-12(3)16/h4-7,15-16H,2-3,8-9H2,1H3. The summed E-state index contributed by atoms with van der Waals surface area (Å²) >= 11 is 0. The van der Waals surface area contributed by atoms with Crippen LogP contribution < -0.4 is 4.90 Å². The third-order valence-corrected chi connectivity index (χ3v) is 2.15. The van der Waals surface area contributed by atoms with E-state index in [0.29, 0.717) is 0 Å². The first-order chi connectivity index (χ1) is 7.49. The second kappa shape index (κ2) is 5.26. The van der Waals surface area contributed by atoms with Gasteiger partial charge in [0.25, 0.3) is 0 Å². The third kappa shape index (κ3) is 3.69. The highest BCUT2D eigenvalue weighted by Gasteiger charge is 2.08. The molecule has 0 atom stereocenters. The predicted molar refractivity (Wildman–Crippen MR) is 66.9 cm³/mol. The van der Waals surface area contributed by atoms with Gasteiger partial charge in [-0.05, 0) is 19.1 Å². The van der Waals surface area contributed by atoms with Crippen molar-refractivity contribution < 1.29 is 10.2 Å². The Morgan fingerprint density at radius 1 is 1.06 bits per heavy atom. The Hall–Kier alpha value is -1.90. The molecule has 2 N–H and O–H groups in total. The van der Waals surface area contributed by atoms with E-state index in [1.54, 1.807) is 4.90 Å².